The van der Waals surface area contributed by atoms with Crippen molar-refractivity contribution in [1.29, 1.82) is 5.26 Å². The number of nitriles is 1. The van der Waals surface area contributed by atoms with Crippen molar-refractivity contribution >= 4 is 0 Å². The molecule has 0 amide bonds. The molecular formula is C25H36FN. The standard InChI is InChI=1S/C25H36FN/c1-2-3-4-5-6-19-7-9-20(10-8-19)11-12-21-13-14-22-16-24(18-27)25(26)17-23(22)15-21/h16-17,19-21H,2-15H2,1H3. The summed E-state index contributed by atoms with van der Waals surface area (Å²) in [7, 11) is 0. The van der Waals surface area contributed by atoms with Crippen molar-refractivity contribution in [2.45, 2.75) is 96.8 Å². The molecule has 0 N–H and O–H groups in total. The Bertz CT molecular complexity index is 636. The molecule has 0 heterocycles. The molecule has 3 rings (SSSR count). The molecule has 2 aliphatic carbocycles. The zero-order chi connectivity index (χ0) is 19.1. The quantitative estimate of drug-likeness (QED) is 0.439. The lowest BCUT2D eigenvalue weighted by Gasteiger charge is -2.31. The predicted molar refractivity (Wildman–Crippen MR) is 110 cm³/mol. The summed E-state index contributed by atoms with van der Waals surface area (Å²) in [6.07, 6.45) is 18.7. The molecule has 0 spiro atoms. The van der Waals surface area contributed by atoms with E-state index in [1.807, 2.05) is 6.07 Å². The lowest BCUT2D eigenvalue weighted by molar-refractivity contribution is 0.233. The summed E-state index contributed by atoms with van der Waals surface area (Å²) in [4.78, 5) is 0. The fourth-order valence-corrected chi connectivity index (χ4v) is 5.33. The van der Waals surface area contributed by atoms with Crippen LogP contribution in [-0.4, -0.2) is 0 Å². The van der Waals surface area contributed by atoms with Crippen LogP contribution in [0.2, 0.25) is 0 Å². The second-order valence-electron chi connectivity index (χ2n) is 9.13. The lowest BCUT2D eigenvalue weighted by atomic mass is 9.75. The fourth-order valence-electron chi connectivity index (χ4n) is 5.33. The molecule has 1 aromatic carbocycles. The van der Waals surface area contributed by atoms with Crippen molar-refractivity contribution in [1.82, 2.24) is 0 Å². The van der Waals surface area contributed by atoms with Gasteiger partial charge in [-0.1, -0.05) is 71.1 Å². The van der Waals surface area contributed by atoms with Crippen LogP contribution in [0.1, 0.15) is 101 Å². The van der Waals surface area contributed by atoms with Gasteiger partial charge in [0.1, 0.15) is 11.9 Å². The van der Waals surface area contributed by atoms with Crippen molar-refractivity contribution in [3.05, 3.63) is 34.6 Å². The van der Waals surface area contributed by atoms with Crippen LogP contribution in [0, 0.1) is 34.9 Å². The van der Waals surface area contributed by atoms with Gasteiger partial charge in [-0.25, -0.2) is 4.39 Å². The molecule has 0 radical (unpaired) electrons. The van der Waals surface area contributed by atoms with Crippen molar-refractivity contribution in [3.8, 4) is 6.07 Å². The summed E-state index contributed by atoms with van der Waals surface area (Å²) in [6.45, 7) is 2.29. The zero-order valence-electron chi connectivity index (χ0n) is 17.1. The Balaban J connectivity index is 1.38. The van der Waals surface area contributed by atoms with E-state index in [1.54, 1.807) is 12.1 Å². The fraction of sp³-hybridized carbons (Fsp3) is 0.720. The van der Waals surface area contributed by atoms with Gasteiger partial charge in [-0.2, -0.15) is 5.26 Å². The minimum absolute atomic E-state index is 0.207. The van der Waals surface area contributed by atoms with Crippen molar-refractivity contribution in [2.24, 2.45) is 17.8 Å². The number of fused-ring (bicyclic) bond motifs is 1. The third kappa shape index (κ3) is 5.81. The second-order valence-corrected chi connectivity index (χ2v) is 9.13. The first-order valence-corrected chi connectivity index (χ1v) is 11.4. The number of hydrogen-bond acceptors (Lipinski definition) is 1. The van der Waals surface area contributed by atoms with Gasteiger partial charge in [0.2, 0.25) is 0 Å². The Morgan fingerprint density at radius 2 is 1.59 bits per heavy atom. The first-order valence-electron chi connectivity index (χ1n) is 11.4. The number of aryl methyl sites for hydroxylation is 1. The summed E-state index contributed by atoms with van der Waals surface area (Å²) in [5, 5.41) is 9.00. The summed E-state index contributed by atoms with van der Waals surface area (Å²) >= 11 is 0. The largest absolute Gasteiger partial charge is 0.206 e. The van der Waals surface area contributed by atoms with E-state index >= 15 is 0 Å². The predicted octanol–water partition coefficient (Wildman–Crippen LogP) is 7.36. The summed E-state index contributed by atoms with van der Waals surface area (Å²) in [6, 6.07) is 5.38. The molecule has 1 aromatic rings. The molecule has 1 saturated carbocycles. The van der Waals surface area contributed by atoms with Gasteiger partial charge in [-0.15, -0.1) is 0 Å². The highest BCUT2D eigenvalue weighted by molar-refractivity contribution is 5.40. The highest BCUT2D eigenvalue weighted by Crippen LogP contribution is 2.37. The number of halogens is 1. The molecule has 1 unspecified atom stereocenters. The molecule has 1 nitrogen and oxygen atoms in total. The average Bonchev–Trinajstić information content (AvgIpc) is 2.70. The third-order valence-electron chi connectivity index (χ3n) is 7.16. The molecule has 148 valence electrons. The highest BCUT2D eigenvalue weighted by Gasteiger charge is 2.24. The summed E-state index contributed by atoms with van der Waals surface area (Å²) in [5.74, 6) is 2.29. The normalized spacial score (nSPS) is 25.0. The molecule has 0 aliphatic heterocycles. The van der Waals surface area contributed by atoms with E-state index in [0.717, 1.165) is 30.2 Å². The maximum Gasteiger partial charge on any atom is 0.141 e. The SMILES string of the molecule is CCCCCCC1CCC(CCC2CCc3cc(C#N)c(F)cc3C2)CC1. The Labute approximate surface area is 165 Å². The molecule has 0 bridgehead atoms. The Morgan fingerprint density at radius 3 is 2.30 bits per heavy atom. The van der Waals surface area contributed by atoms with Gasteiger partial charge in [0.05, 0.1) is 5.56 Å². The van der Waals surface area contributed by atoms with Crippen LogP contribution in [0.15, 0.2) is 12.1 Å². The molecule has 1 fully saturated rings. The van der Waals surface area contributed by atoms with E-state index in [1.165, 1.54) is 82.6 Å². The third-order valence-corrected chi connectivity index (χ3v) is 7.16. The van der Waals surface area contributed by atoms with Crippen LogP contribution in [0.4, 0.5) is 4.39 Å². The maximum atomic E-state index is 13.9. The molecule has 2 heteroatoms. The van der Waals surface area contributed by atoms with Crippen LogP contribution in [-0.2, 0) is 12.8 Å². The van der Waals surface area contributed by atoms with Gasteiger partial charge >= 0.3 is 0 Å². The Kier molecular flexibility index (Phi) is 7.74. The first kappa shape index (κ1) is 20.4. The molecule has 0 saturated heterocycles. The van der Waals surface area contributed by atoms with Gasteiger partial charge in [0.15, 0.2) is 0 Å². The topological polar surface area (TPSA) is 23.8 Å². The molecule has 2 aliphatic rings. The molecule has 0 aromatic heterocycles. The van der Waals surface area contributed by atoms with E-state index in [9.17, 15) is 4.39 Å². The molecule has 1 atom stereocenters. The number of hydrogen-bond donors (Lipinski definition) is 0. The Morgan fingerprint density at radius 1 is 0.889 bits per heavy atom. The number of unbranched alkanes of at least 4 members (excludes halogenated alkanes) is 3. The minimum atomic E-state index is -0.339. The average molecular weight is 370 g/mol. The van der Waals surface area contributed by atoms with Crippen LogP contribution in [0.3, 0.4) is 0 Å². The number of rotatable bonds is 8. The van der Waals surface area contributed by atoms with Crippen LogP contribution < -0.4 is 0 Å². The van der Waals surface area contributed by atoms with Crippen molar-refractivity contribution in [2.75, 3.05) is 0 Å². The lowest BCUT2D eigenvalue weighted by Crippen LogP contribution is -2.18. The molecule has 27 heavy (non-hydrogen) atoms. The monoisotopic (exact) mass is 369 g/mol. The smallest absolute Gasteiger partial charge is 0.141 e. The molecular weight excluding hydrogens is 333 g/mol. The van der Waals surface area contributed by atoms with Gasteiger partial charge < -0.3 is 0 Å². The highest BCUT2D eigenvalue weighted by atomic mass is 19.1. The van der Waals surface area contributed by atoms with Gasteiger partial charge in [0, 0.05) is 0 Å². The van der Waals surface area contributed by atoms with E-state index in [2.05, 4.69) is 6.92 Å². The maximum absolute atomic E-state index is 13.9. The first-order chi connectivity index (χ1) is 13.2. The van der Waals surface area contributed by atoms with Crippen LogP contribution in [0.5, 0.6) is 0 Å². The minimum Gasteiger partial charge on any atom is -0.206 e. The van der Waals surface area contributed by atoms with Crippen LogP contribution >= 0.6 is 0 Å². The van der Waals surface area contributed by atoms with Crippen LogP contribution in [0.25, 0.3) is 0 Å². The summed E-state index contributed by atoms with van der Waals surface area (Å²) in [5.41, 5.74) is 2.56. The summed E-state index contributed by atoms with van der Waals surface area (Å²) < 4.78 is 13.9. The second kappa shape index (κ2) is 10.3. The van der Waals surface area contributed by atoms with E-state index in [-0.39, 0.29) is 11.4 Å². The zero-order valence-corrected chi connectivity index (χ0v) is 17.1. The van der Waals surface area contributed by atoms with Gasteiger partial charge in [0.25, 0.3) is 0 Å². The Hall–Kier alpha value is -1.36. The van der Waals surface area contributed by atoms with Crippen molar-refractivity contribution < 1.29 is 4.39 Å². The number of nitrogens with zero attached hydrogens (tertiary/aromatic N) is 1. The van der Waals surface area contributed by atoms with E-state index < -0.39 is 0 Å². The van der Waals surface area contributed by atoms with E-state index in [0.29, 0.717) is 5.92 Å². The van der Waals surface area contributed by atoms with E-state index in [4.69, 9.17) is 5.26 Å². The van der Waals surface area contributed by atoms with Gasteiger partial charge in [-0.05, 0) is 66.7 Å². The number of benzene rings is 1. The van der Waals surface area contributed by atoms with Gasteiger partial charge in [-0.3, -0.25) is 0 Å². The van der Waals surface area contributed by atoms with Crippen molar-refractivity contribution in [3.63, 3.8) is 0 Å².